The smallest absolute Gasteiger partial charge is 0.268 e. The lowest BCUT2D eigenvalue weighted by Crippen LogP contribution is -2.12. The van der Waals surface area contributed by atoms with Crippen LogP contribution in [0.25, 0.3) is 0 Å². The Labute approximate surface area is 108 Å². The van der Waals surface area contributed by atoms with Gasteiger partial charge in [0.2, 0.25) is 0 Å². The minimum absolute atomic E-state index is 0.170. The summed E-state index contributed by atoms with van der Waals surface area (Å²) in [5.41, 5.74) is -0.248. The summed E-state index contributed by atoms with van der Waals surface area (Å²) in [7, 11) is -9.22. The van der Waals surface area contributed by atoms with Gasteiger partial charge in [-0.2, -0.15) is 16.8 Å². The van der Waals surface area contributed by atoms with Crippen molar-refractivity contribution in [3.05, 3.63) is 22.8 Å². The zero-order valence-corrected chi connectivity index (χ0v) is 11.2. The van der Waals surface area contributed by atoms with E-state index in [1.807, 2.05) is 0 Å². The molecule has 0 radical (unpaired) electrons. The van der Waals surface area contributed by atoms with Gasteiger partial charge in [0.25, 0.3) is 0 Å². The molecule has 18 heavy (non-hydrogen) atoms. The lowest BCUT2D eigenvalue weighted by atomic mass is 10.0. The van der Waals surface area contributed by atoms with Gasteiger partial charge in [-0.3, -0.25) is 9.11 Å². The third kappa shape index (κ3) is 4.66. The zero-order chi connectivity index (χ0) is 14.1. The molecule has 0 unspecified atom stereocenters. The van der Waals surface area contributed by atoms with E-state index in [-0.39, 0.29) is 22.0 Å². The predicted octanol–water partition coefficient (Wildman–Crippen LogP) is 0.557. The molecule has 1 rings (SSSR count). The Bertz CT molecular complexity index is 636. The van der Waals surface area contributed by atoms with Gasteiger partial charge in [-0.15, -0.1) is 8.80 Å². The van der Waals surface area contributed by atoms with E-state index in [2.05, 4.69) is 8.80 Å². The van der Waals surface area contributed by atoms with Crippen LogP contribution in [0.15, 0.2) is 31.6 Å². The third-order valence-electron chi connectivity index (χ3n) is 1.69. The van der Waals surface area contributed by atoms with Gasteiger partial charge in [-0.25, -0.2) is 0 Å². The van der Waals surface area contributed by atoms with Gasteiger partial charge in [0.1, 0.15) is 0 Å². The predicted molar refractivity (Wildman–Crippen MR) is 65.7 cm³/mol. The molecule has 0 aliphatic heterocycles. The van der Waals surface area contributed by atoms with Gasteiger partial charge in [0.15, 0.2) is 0 Å². The van der Waals surface area contributed by atoms with Crippen LogP contribution in [0.3, 0.4) is 0 Å². The van der Waals surface area contributed by atoms with Crippen LogP contribution >= 0.6 is 11.6 Å². The molecule has 0 heterocycles. The SMILES string of the molecule is CC1=CC(=N\S(=O)(=O)O)/C(Cl)=CC/1=N\S(=O)(=O)O. The molecule has 1 aliphatic rings. The van der Waals surface area contributed by atoms with Crippen LogP contribution in [0.5, 0.6) is 0 Å². The van der Waals surface area contributed by atoms with Crippen molar-refractivity contribution in [3.63, 3.8) is 0 Å². The van der Waals surface area contributed by atoms with Crippen molar-refractivity contribution in [2.45, 2.75) is 6.92 Å². The van der Waals surface area contributed by atoms with E-state index in [0.717, 1.165) is 12.2 Å². The summed E-state index contributed by atoms with van der Waals surface area (Å²) >= 11 is 5.63. The Hall–Kier alpha value is -1.07. The fourth-order valence-corrected chi connectivity index (χ4v) is 2.17. The zero-order valence-electron chi connectivity index (χ0n) is 8.77. The lowest BCUT2D eigenvalue weighted by Gasteiger charge is -2.09. The number of nitrogens with zero attached hydrogens (tertiary/aromatic N) is 2. The molecule has 0 fully saturated rings. The van der Waals surface area contributed by atoms with E-state index in [9.17, 15) is 16.8 Å². The van der Waals surface area contributed by atoms with Crippen LogP contribution < -0.4 is 0 Å². The molecule has 0 spiro atoms. The molecule has 0 saturated carbocycles. The summed E-state index contributed by atoms with van der Waals surface area (Å²) in [6, 6.07) is 0. The van der Waals surface area contributed by atoms with E-state index in [4.69, 9.17) is 20.7 Å². The van der Waals surface area contributed by atoms with E-state index in [1.165, 1.54) is 6.92 Å². The summed E-state index contributed by atoms with van der Waals surface area (Å²) in [6.45, 7) is 1.39. The van der Waals surface area contributed by atoms with Gasteiger partial charge in [-0.1, -0.05) is 11.6 Å². The first-order valence-corrected chi connectivity index (χ1v) is 7.36. The Balaban J connectivity index is 3.33. The fraction of sp³-hybridized carbons (Fsp3) is 0.143. The van der Waals surface area contributed by atoms with E-state index >= 15 is 0 Å². The van der Waals surface area contributed by atoms with Crippen LogP contribution in [0.4, 0.5) is 0 Å². The van der Waals surface area contributed by atoms with Gasteiger partial charge in [0.05, 0.1) is 16.5 Å². The highest BCUT2D eigenvalue weighted by Gasteiger charge is 2.17. The normalized spacial score (nSPS) is 22.0. The van der Waals surface area contributed by atoms with E-state index in [0.29, 0.717) is 0 Å². The molecule has 0 aromatic rings. The molecule has 2 N–H and O–H groups in total. The Kier molecular flexibility index (Phi) is 4.08. The second-order valence-corrected chi connectivity index (χ2v) is 5.73. The second kappa shape index (κ2) is 4.90. The highest BCUT2D eigenvalue weighted by molar-refractivity contribution is 7.84. The molecule has 0 aromatic heterocycles. The molecule has 1 aliphatic carbocycles. The maximum atomic E-state index is 10.6. The molecule has 8 nitrogen and oxygen atoms in total. The van der Waals surface area contributed by atoms with Crippen LogP contribution in [-0.4, -0.2) is 37.4 Å². The summed E-state index contributed by atoms with van der Waals surface area (Å²) in [5.74, 6) is 0. The van der Waals surface area contributed by atoms with Gasteiger partial charge >= 0.3 is 20.6 Å². The molecule has 0 amide bonds. The number of allylic oxidation sites excluding steroid dienone is 4. The summed E-state index contributed by atoms with van der Waals surface area (Å²) in [6.07, 6.45) is 2.09. The molecule has 0 saturated heterocycles. The largest absolute Gasteiger partial charge is 0.378 e. The van der Waals surface area contributed by atoms with Crippen LogP contribution in [-0.2, 0) is 20.6 Å². The first-order chi connectivity index (χ1) is 7.98. The Morgan fingerprint density at radius 3 is 1.89 bits per heavy atom. The first-order valence-electron chi connectivity index (χ1n) is 4.19. The van der Waals surface area contributed by atoms with Crippen molar-refractivity contribution in [1.82, 2.24) is 0 Å². The molecular weight excluding hydrogens is 308 g/mol. The van der Waals surface area contributed by atoms with Gasteiger partial charge < -0.3 is 0 Å². The number of rotatable bonds is 2. The second-order valence-electron chi connectivity index (χ2n) is 3.17. The minimum Gasteiger partial charge on any atom is -0.268 e. The van der Waals surface area contributed by atoms with Crippen molar-refractivity contribution in [2.75, 3.05) is 0 Å². The standard InChI is InChI=1S/C7H7ClN2O6S2/c1-4-2-7(10-18(14,15)16)5(8)3-6(4)9-17(11,12)13/h2-3H,1H3,(H,11,12,13)(H,14,15,16)/b9-6+,10-7+. The molecule has 0 aromatic carbocycles. The molecule has 0 atom stereocenters. The van der Waals surface area contributed by atoms with Crippen LogP contribution in [0.2, 0.25) is 0 Å². The molecule has 0 bridgehead atoms. The first kappa shape index (κ1) is 15.0. The average molecular weight is 315 g/mol. The molecule has 11 heteroatoms. The maximum Gasteiger partial charge on any atom is 0.378 e. The Morgan fingerprint density at radius 1 is 1.00 bits per heavy atom. The van der Waals surface area contributed by atoms with Crippen LogP contribution in [0, 0.1) is 0 Å². The third-order valence-corrected chi connectivity index (χ3v) is 2.85. The Morgan fingerprint density at radius 2 is 1.44 bits per heavy atom. The van der Waals surface area contributed by atoms with Crippen molar-refractivity contribution >= 4 is 43.6 Å². The fourth-order valence-electron chi connectivity index (χ4n) is 1.07. The van der Waals surface area contributed by atoms with E-state index < -0.39 is 20.6 Å². The highest BCUT2D eigenvalue weighted by Crippen LogP contribution is 2.18. The number of halogens is 1. The van der Waals surface area contributed by atoms with Gasteiger partial charge in [0, 0.05) is 0 Å². The van der Waals surface area contributed by atoms with Gasteiger partial charge in [-0.05, 0) is 24.6 Å². The topological polar surface area (TPSA) is 133 Å². The maximum absolute atomic E-state index is 10.6. The minimum atomic E-state index is -4.62. The lowest BCUT2D eigenvalue weighted by molar-refractivity contribution is 0.483. The quantitative estimate of drug-likeness (QED) is 0.565. The van der Waals surface area contributed by atoms with Crippen molar-refractivity contribution < 1.29 is 25.9 Å². The molecular formula is C7H7ClN2O6S2. The van der Waals surface area contributed by atoms with Crippen molar-refractivity contribution in [2.24, 2.45) is 8.80 Å². The monoisotopic (exact) mass is 314 g/mol. The summed E-state index contributed by atoms with van der Waals surface area (Å²) in [5, 5.41) is -0.249. The van der Waals surface area contributed by atoms with E-state index in [1.54, 1.807) is 0 Å². The number of hydrogen-bond donors (Lipinski definition) is 2. The highest BCUT2D eigenvalue weighted by atomic mass is 35.5. The van der Waals surface area contributed by atoms with Crippen molar-refractivity contribution in [1.29, 1.82) is 0 Å². The van der Waals surface area contributed by atoms with Crippen LogP contribution in [0.1, 0.15) is 6.92 Å². The number of hydrogen-bond acceptors (Lipinski definition) is 4. The summed E-state index contributed by atoms with van der Waals surface area (Å²) in [4.78, 5) is 0. The van der Waals surface area contributed by atoms with Crippen molar-refractivity contribution in [3.8, 4) is 0 Å². The average Bonchev–Trinajstić information content (AvgIpc) is 2.08. The summed E-state index contributed by atoms with van der Waals surface area (Å²) < 4.78 is 65.2. The molecule has 100 valence electrons.